The van der Waals surface area contributed by atoms with Gasteiger partial charge in [0.2, 0.25) is 0 Å². The Labute approximate surface area is 116 Å². The summed E-state index contributed by atoms with van der Waals surface area (Å²) in [5.41, 5.74) is 0.743. The molecule has 0 saturated carbocycles. The number of fused-ring (bicyclic) bond motifs is 1. The van der Waals surface area contributed by atoms with Gasteiger partial charge in [0.25, 0.3) is 0 Å². The summed E-state index contributed by atoms with van der Waals surface area (Å²) >= 11 is 5.85. The van der Waals surface area contributed by atoms with Gasteiger partial charge in [-0.3, -0.25) is 4.98 Å². The second-order valence-corrected chi connectivity index (χ2v) is 4.64. The molecule has 1 aromatic carbocycles. The van der Waals surface area contributed by atoms with Gasteiger partial charge in [0.15, 0.2) is 0 Å². The van der Waals surface area contributed by atoms with Crippen LogP contribution in [0.3, 0.4) is 0 Å². The number of aromatic amines is 1. The highest BCUT2D eigenvalue weighted by molar-refractivity contribution is 6.31. The monoisotopic (exact) mass is 297 g/mol. The number of aromatic nitrogens is 3. The molecular formula is C13H7ClF3N3. The van der Waals surface area contributed by atoms with E-state index in [1.54, 1.807) is 18.2 Å². The first-order chi connectivity index (χ1) is 9.43. The Kier molecular flexibility index (Phi) is 2.90. The van der Waals surface area contributed by atoms with Crippen molar-refractivity contribution in [3.8, 4) is 11.4 Å². The zero-order valence-electron chi connectivity index (χ0n) is 9.87. The molecule has 0 bridgehead atoms. The van der Waals surface area contributed by atoms with Gasteiger partial charge in [0.05, 0.1) is 16.6 Å². The summed E-state index contributed by atoms with van der Waals surface area (Å²) in [4.78, 5) is 10.8. The van der Waals surface area contributed by atoms with E-state index in [0.717, 1.165) is 12.3 Å². The van der Waals surface area contributed by atoms with Gasteiger partial charge in [0.1, 0.15) is 5.82 Å². The molecule has 0 saturated heterocycles. The number of halogens is 4. The average Bonchev–Trinajstić information content (AvgIpc) is 2.81. The average molecular weight is 298 g/mol. The zero-order chi connectivity index (χ0) is 14.3. The van der Waals surface area contributed by atoms with Crippen LogP contribution >= 0.6 is 11.6 Å². The van der Waals surface area contributed by atoms with Crippen molar-refractivity contribution in [3.63, 3.8) is 0 Å². The highest BCUT2D eigenvalue weighted by Gasteiger charge is 2.31. The van der Waals surface area contributed by atoms with E-state index in [-0.39, 0.29) is 5.56 Å². The van der Waals surface area contributed by atoms with Crippen molar-refractivity contribution in [3.05, 3.63) is 47.2 Å². The lowest BCUT2D eigenvalue weighted by Crippen LogP contribution is -2.05. The van der Waals surface area contributed by atoms with Crippen molar-refractivity contribution in [2.24, 2.45) is 0 Å². The maximum Gasteiger partial charge on any atom is 0.417 e. The van der Waals surface area contributed by atoms with Crippen LogP contribution in [0.5, 0.6) is 0 Å². The maximum absolute atomic E-state index is 12.7. The molecule has 0 unspecified atom stereocenters. The number of H-pyrrole nitrogens is 1. The highest BCUT2D eigenvalue weighted by atomic mass is 35.5. The summed E-state index contributed by atoms with van der Waals surface area (Å²) in [7, 11) is 0. The SMILES string of the molecule is FC(F)(F)c1cncc(-c2nc3ccc(Cl)cc3[nH]2)c1. The van der Waals surface area contributed by atoms with E-state index in [2.05, 4.69) is 15.0 Å². The fourth-order valence-electron chi connectivity index (χ4n) is 1.84. The molecule has 2 aromatic heterocycles. The lowest BCUT2D eigenvalue weighted by atomic mass is 10.2. The Morgan fingerprint density at radius 3 is 2.65 bits per heavy atom. The first-order valence-electron chi connectivity index (χ1n) is 5.61. The smallest absolute Gasteiger partial charge is 0.338 e. The lowest BCUT2D eigenvalue weighted by molar-refractivity contribution is -0.137. The summed E-state index contributed by atoms with van der Waals surface area (Å²) in [5.74, 6) is 0.320. The number of alkyl halides is 3. The summed E-state index contributed by atoms with van der Waals surface area (Å²) in [6.07, 6.45) is -2.32. The molecule has 0 aliphatic carbocycles. The number of pyridine rings is 1. The molecule has 1 N–H and O–H groups in total. The van der Waals surface area contributed by atoms with Crippen LogP contribution in [0.4, 0.5) is 13.2 Å². The predicted octanol–water partition coefficient (Wildman–Crippen LogP) is 4.30. The lowest BCUT2D eigenvalue weighted by Gasteiger charge is -2.06. The summed E-state index contributed by atoms with van der Waals surface area (Å²) in [6.45, 7) is 0. The third-order valence-electron chi connectivity index (χ3n) is 2.78. The van der Waals surface area contributed by atoms with Gasteiger partial charge in [-0.15, -0.1) is 0 Å². The van der Waals surface area contributed by atoms with Crippen molar-refractivity contribution in [2.45, 2.75) is 6.18 Å². The topological polar surface area (TPSA) is 41.6 Å². The quantitative estimate of drug-likeness (QED) is 0.727. The molecule has 0 radical (unpaired) electrons. The highest BCUT2D eigenvalue weighted by Crippen LogP contribution is 2.31. The summed E-state index contributed by atoms with van der Waals surface area (Å²) in [6, 6.07) is 6.03. The van der Waals surface area contributed by atoms with Gasteiger partial charge in [-0.05, 0) is 24.3 Å². The van der Waals surface area contributed by atoms with Crippen LogP contribution < -0.4 is 0 Å². The van der Waals surface area contributed by atoms with Gasteiger partial charge >= 0.3 is 6.18 Å². The van der Waals surface area contributed by atoms with E-state index in [9.17, 15) is 13.2 Å². The minimum absolute atomic E-state index is 0.271. The van der Waals surface area contributed by atoms with Crippen molar-refractivity contribution in [2.75, 3.05) is 0 Å². The van der Waals surface area contributed by atoms with E-state index in [0.29, 0.717) is 21.9 Å². The van der Waals surface area contributed by atoms with E-state index >= 15 is 0 Å². The van der Waals surface area contributed by atoms with Crippen LogP contribution in [0, 0.1) is 0 Å². The molecule has 7 heteroatoms. The molecule has 0 fully saturated rings. The molecule has 3 rings (SSSR count). The molecule has 0 aliphatic heterocycles. The molecule has 0 atom stereocenters. The number of hydrogen-bond acceptors (Lipinski definition) is 2. The first-order valence-corrected chi connectivity index (χ1v) is 5.99. The standard InChI is InChI=1S/C13H7ClF3N3/c14-9-1-2-10-11(4-9)20-12(19-10)7-3-8(6-18-5-7)13(15,16)17/h1-6H,(H,19,20). The second kappa shape index (κ2) is 4.49. The molecule has 0 aliphatic rings. The minimum atomic E-state index is -4.43. The summed E-state index contributed by atoms with van der Waals surface area (Å²) in [5, 5.41) is 0.523. The fraction of sp³-hybridized carbons (Fsp3) is 0.0769. The number of rotatable bonds is 1. The Morgan fingerprint density at radius 2 is 1.90 bits per heavy atom. The van der Waals surface area contributed by atoms with Crippen LogP contribution in [0.2, 0.25) is 5.02 Å². The Balaban J connectivity index is 2.11. The number of imidazole rings is 1. The van der Waals surface area contributed by atoms with E-state index in [1.165, 1.54) is 6.20 Å². The van der Waals surface area contributed by atoms with Crippen molar-refractivity contribution >= 4 is 22.6 Å². The van der Waals surface area contributed by atoms with Crippen molar-refractivity contribution in [1.29, 1.82) is 0 Å². The number of nitrogens with one attached hydrogen (secondary N) is 1. The fourth-order valence-corrected chi connectivity index (χ4v) is 2.02. The molecule has 0 spiro atoms. The molecule has 2 heterocycles. The predicted molar refractivity (Wildman–Crippen MR) is 69.3 cm³/mol. The van der Waals surface area contributed by atoms with Crippen LogP contribution in [-0.4, -0.2) is 15.0 Å². The third kappa shape index (κ3) is 2.34. The number of nitrogens with zero attached hydrogens (tertiary/aromatic N) is 2. The van der Waals surface area contributed by atoms with E-state index in [1.807, 2.05) is 0 Å². The number of hydrogen-bond donors (Lipinski definition) is 1. The third-order valence-corrected chi connectivity index (χ3v) is 3.02. The van der Waals surface area contributed by atoms with Gasteiger partial charge in [-0.25, -0.2) is 4.98 Å². The molecule has 20 heavy (non-hydrogen) atoms. The molecule has 3 nitrogen and oxygen atoms in total. The van der Waals surface area contributed by atoms with Gasteiger partial charge in [0, 0.05) is 23.0 Å². The van der Waals surface area contributed by atoms with Crippen LogP contribution in [0.1, 0.15) is 5.56 Å². The largest absolute Gasteiger partial charge is 0.417 e. The zero-order valence-corrected chi connectivity index (χ0v) is 10.6. The van der Waals surface area contributed by atoms with Crippen molar-refractivity contribution < 1.29 is 13.2 Å². The van der Waals surface area contributed by atoms with Gasteiger partial charge in [-0.1, -0.05) is 11.6 Å². The molecular weight excluding hydrogens is 291 g/mol. The normalized spacial score (nSPS) is 12.0. The Bertz CT molecular complexity index is 780. The van der Waals surface area contributed by atoms with Crippen LogP contribution in [0.15, 0.2) is 36.7 Å². The van der Waals surface area contributed by atoms with Gasteiger partial charge in [-0.2, -0.15) is 13.2 Å². The summed E-state index contributed by atoms with van der Waals surface area (Å²) < 4.78 is 38.0. The number of benzene rings is 1. The van der Waals surface area contributed by atoms with Crippen molar-refractivity contribution in [1.82, 2.24) is 15.0 Å². The van der Waals surface area contributed by atoms with Gasteiger partial charge < -0.3 is 4.98 Å². The molecule has 102 valence electrons. The molecule has 3 aromatic rings. The Hall–Kier alpha value is -2.08. The van der Waals surface area contributed by atoms with Crippen LogP contribution in [0.25, 0.3) is 22.4 Å². The van der Waals surface area contributed by atoms with E-state index < -0.39 is 11.7 Å². The molecule has 0 amide bonds. The Morgan fingerprint density at radius 1 is 1.10 bits per heavy atom. The second-order valence-electron chi connectivity index (χ2n) is 4.21. The van der Waals surface area contributed by atoms with Crippen LogP contribution in [-0.2, 0) is 6.18 Å². The maximum atomic E-state index is 12.7. The minimum Gasteiger partial charge on any atom is -0.338 e. The van der Waals surface area contributed by atoms with E-state index in [4.69, 9.17) is 11.6 Å². The first kappa shape index (κ1) is 12.9.